The van der Waals surface area contributed by atoms with Crippen molar-refractivity contribution < 1.29 is 4.74 Å². The van der Waals surface area contributed by atoms with E-state index in [2.05, 4.69) is 425 Å². The smallest absolute Gasteiger partial charge is 0.252 e. The summed E-state index contributed by atoms with van der Waals surface area (Å²) in [6.07, 6.45) is 0. The summed E-state index contributed by atoms with van der Waals surface area (Å²) in [6, 6.07) is 126. The van der Waals surface area contributed by atoms with Gasteiger partial charge in [-0.25, -0.2) is 0 Å². The van der Waals surface area contributed by atoms with Gasteiger partial charge in [0.1, 0.15) is 11.5 Å². The molecule has 1 aliphatic carbocycles. The third-order valence-corrected chi connectivity index (χ3v) is 24.6. The van der Waals surface area contributed by atoms with E-state index in [-0.39, 0.29) is 28.4 Å². The van der Waals surface area contributed by atoms with E-state index in [4.69, 9.17) is 4.74 Å². The summed E-state index contributed by atoms with van der Waals surface area (Å²) in [5.74, 6) is 1.73. The second-order valence-corrected chi connectivity index (χ2v) is 35.6. The second kappa shape index (κ2) is 25.3. The molecule has 0 bridgehead atoms. The average molecular weight is 1440 g/mol. The molecule has 4 heterocycles. The molecule has 0 fully saturated rings. The van der Waals surface area contributed by atoms with E-state index in [1.165, 1.54) is 88.3 Å². The zero-order chi connectivity index (χ0) is 76.5. The van der Waals surface area contributed by atoms with Crippen LogP contribution in [0.2, 0.25) is 0 Å². The molecule has 20 rings (SSSR count). The highest BCUT2D eigenvalue weighted by Crippen LogP contribution is 2.64. The van der Waals surface area contributed by atoms with Crippen molar-refractivity contribution in [1.29, 1.82) is 0 Å². The summed E-state index contributed by atoms with van der Waals surface area (Å²) in [5, 5.41) is 2.50. The third-order valence-electron chi connectivity index (χ3n) is 24.6. The van der Waals surface area contributed by atoms with Gasteiger partial charge in [-0.15, -0.1) is 0 Å². The van der Waals surface area contributed by atoms with Gasteiger partial charge in [-0.2, -0.15) is 0 Å². The lowest BCUT2D eigenvalue weighted by atomic mass is 9.33. The van der Waals surface area contributed by atoms with E-state index in [0.29, 0.717) is 0 Å². The Kier molecular flexibility index (Phi) is 15.5. The summed E-state index contributed by atoms with van der Waals surface area (Å²) in [5.41, 5.74) is 36.2. The quantitative estimate of drug-likeness (QED) is 0.141. The van der Waals surface area contributed by atoms with Gasteiger partial charge in [0, 0.05) is 72.6 Å². The number of rotatable bonds is 8. The van der Waals surface area contributed by atoms with Crippen LogP contribution in [0.1, 0.15) is 128 Å². The first-order valence-corrected chi connectivity index (χ1v) is 39.9. The summed E-state index contributed by atoms with van der Waals surface area (Å²) in [4.78, 5) is 5.48. The van der Waals surface area contributed by atoms with Crippen molar-refractivity contribution in [2.45, 2.75) is 110 Å². The SMILES string of the molecule is CC(C)(C)c1cc(-c2cc3c4c(c2)N(c2c(-c5ccccc5)cccc2-c2ccccc2)c2cc5c(cc2B4c2ccc(-n4c6ccc(C(C)(C)C)cc6c6cc(C(C)(C)C)ccc64)cc2N3c2c(-c3ccccc3)cccc2-c2ccccc2)C2(c3ccccc3Oc3ccccc32)c2ccccc2-5)cc(C(C)(C)C)c1. The number of hydrogen-bond acceptors (Lipinski definition) is 3. The van der Waals surface area contributed by atoms with Crippen LogP contribution >= 0.6 is 0 Å². The van der Waals surface area contributed by atoms with Gasteiger partial charge >= 0.3 is 0 Å². The fraction of sp³-hybridized carbons (Fsp3) is 0.159. The number of hydrogen-bond donors (Lipinski definition) is 0. The molecular formula is C107H90BN3O. The molecule has 112 heavy (non-hydrogen) atoms. The summed E-state index contributed by atoms with van der Waals surface area (Å²) < 4.78 is 9.68. The molecule has 542 valence electrons. The number of nitrogens with zero attached hydrogens (tertiary/aromatic N) is 3. The summed E-state index contributed by atoms with van der Waals surface area (Å²) in [7, 11) is 0. The van der Waals surface area contributed by atoms with Crippen molar-refractivity contribution in [2.24, 2.45) is 0 Å². The fourth-order valence-corrected chi connectivity index (χ4v) is 19.0. The van der Waals surface area contributed by atoms with Crippen LogP contribution in [-0.4, -0.2) is 11.3 Å². The molecule has 4 aliphatic rings. The Morgan fingerprint density at radius 1 is 0.268 bits per heavy atom. The highest BCUT2D eigenvalue weighted by molar-refractivity contribution is 7.00. The fourth-order valence-electron chi connectivity index (χ4n) is 19.0. The van der Waals surface area contributed by atoms with Gasteiger partial charge in [-0.3, -0.25) is 0 Å². The van der Waals surface area contributed by atoms with Crippen molar-refractivity contribution in [3.8, 4) is 83.9 Å². The molecule has 5 heteroatoms. The lowest BCUT2D eigenvalue weighted by molar-refractivity contribution is 0.436. The Labute approximate surface area is 660 Å². The molecule has 0 amide bonds. The standard InChI is InChI=1S/C107H90BN3O/c1-103(2,3)73-51-55-92-84(62-73)85-63-74(104(4,5)6)52-56-93(85)109(92)77-53-54-90-94(64-77)110(101-78(67-33-17-13-18-34-67)42-31-43-79(101)68-35-19-14-20-36-68)96-59-72(71-57-75(105(7,8)9)61-76(58-71)106(10,11)12)60-97-100(96)108(90)91-66-89-83(82-41-25-26-46-86(82)107(89)87-47-27-29-49-98(87)112-99-50-30-28-48-88(99)107)65-95(91)111(97)102-80(69-37-21-15-22-38-69)44-32-45-81(102)70-39-23-16-24-40-70/h13-66H,1-12H3. The van der Waals surface area contributed by atoms with Gasteiger partial charge in [0.15, 0.2) is 0 Å². The van der Waals surface area contributed by atoms with Crippen molar-refractivity contribution >= 4 is 79.0 Å². The second-order valence-electron chi connectivity index (χ2n) is 35.6. The molecule has 1 spiro atoms. The minimum atomic E-state index is -0.771. The zero-order valence-corrected chi connectivity index (χ0v) is 66.0. The predicted octanol–water partition coefficient (Wildman–Crippen LogP) is 26.9. The minimum absolute atomic E-state index is 0.0780. The van der Waals surface area contributed by atoms with Gasteiger partial charge in [-0.1, -0.05) is 344 Å². The van der Waals surface area contributed by atoms with Crippen molar-refractivity contribution in [1.82, 2.24) is 4.57 Å². The van der Waals surface area contributed by atoms with Crippen LogP contribution in [0.5, 0.6) is 11.5 Å². The third kappa shape index (κ3) is 10.7. The van der Waals surface area contributed by atoms with Crippen molar-refractivity contribution in [3.63, 3.8) is 0 Å². The number of ether oxygens (including phenoxy) is 1. The molecule has 4 nitrogen and oxygen atoms in total. The first kappa shape index (κ1) is 68.8. The van der Waals surface area contributed by atoms with Crippen LogP contribution in [0.4, 0.5) is 34.1 Å². The maximum Gasteiger partial charge on any atom is 0.252 e. The normalized spacial score (nSPS) is 13.8. The number of aromatic nitrogens is 1. The van der Waals surface area contributed by atoms with Crippen LogP contribution in [-0.2, 0) is 27.1 Å². The Morgan fingerprint density at radius 2 is 0.661 bits per heavy atom. The average Bonchev–Trinajstić information content (AvgIpc) is 1.35. The number of benzene rings is 15. The van der Waals surface area contributed by atoms with Crippen LogP contribution < -0.4 is 30.9 Å². The maximum absolute atomic E-state index is 7.11. The van der Waals surface area contributed by atoms with Crippen molar-refractivity contribution in [2.75, 3.05) is 9.80 Å². The van der Waals surface area contributed by atoms with E-state index >= 15 is 0 Å². The van der Waals surface area contributed by atoms with E-state index < -0.39 is 5.41 Å². The van der Waals surface area contributed by atoms with Gasteiger partial charge < -0.3 is 19.1 Å². The van der Waals surface area contributed by atoms with E-state index in [9.17, 15) is 0 Å². The van der Waals surface area contributed by atoms with Gasteiger partial charge in [-0.05, 0) is 183 Å². The molecule has 0 unspecified atom stereocenters. The van der Waals surface area contributed by atoms with Crippen LogP contribution in [0.3, 0.4) is 0 Å². The van der Waals surface area contributed by atoms with Gasteiger partial charge in [0.25, 0.3) is 6.71 Å². The molecule has 16 aromatic rings. The Morgan fingerprint density at radius 3 is 1.11 bits per heavy atom. The maximum atomic E-state index is 7.11. The Balaban J connectivity index is 1.00. The molecule has 0 saturated carbocycles. The van der Waals surface area contributed by atoms with E-state index in [1.807, 2.05) is 0 Å². The van der Waals surface area contributed by atoms with Crippen LogP contribution in [0.15, 0.2) is 328 Å². The molecule has 3 aliphatic heterocycles. The largest absolute Gasteiger partial charge is 0.457 e. The number of anilines is 6. The van der Waals surface area contributed by atoms with E-state index in [0.717, 1.165) is 113 Å². The monoisotopic (exact) mass is 1440 g/mol. The topological polar surface area (TPSA) is 20.6 Å². The van der Waals surface area contributed by atoms with Gasteiger partial charge in [0.05, 0.1) is 27.8 Å². The zero-order valence-electron chi connectivity index (χ0n) is 66.0. The molecular weight excluding hydrogens is 1350 g/mol. The lowest BCUT2D eigenvalue weighted by Crippen LogP contribution is -2.61. The Bertz CT molecular complexity index is 6250. The van der Waals surface area contributed by atoms with Crippen LogP contribution in [0, 0.1) is 0 Å². The van der Waals surface area contributed by atoms with Crippen LogP contribution in [0.25, 0.3) is 94.3 Å². The molecule has 1 aromatic heterocycles. The summed E-state index contributed by atoms with van der Waals surface area (Å²) >= 11 is 0. The Hall–Kier alpha value is -12.4. The highest BCUT2D eigenvalue weighted by atomic mass is 16.5. The van der Waals surface area contributed by atoms with E-state index in [1.54, 1.807) is 0 Å². The summed E-state index contributed by atoms with van der Waals surface area (Å²) in [6.45, 7) is 27.9. The molecule has 0 radical (unpaired) electrons. The van der Waals surface area contributed by atoms with Gasteiger partial charge in [0.2, 0.25) is 0 Å². The molecule has 15 aromatic carbocycles. The molecule has 0 saturated heterocycles. The first-order chi connectivity index (χ1) is 54.1. The number of para-hydroxylation sites is 4. The van der Waals surface area contributed by atoms with Crippen molar-refractivity contribution in [3.05, 3.63) is 372 Å². The molecule has 0 N–H and O–H groups in total. The predicted molar refractivity (Wildman–Crippen MR) is 474 cm³/mol. The highest BCUT2D eigenvalue weighted by Gasteiger charge is 2.54. The minimum Gasteiger partial charge on any atom is -0.457 e. The number of fused-ring (bicyclic) bond motifs is 16. The first-order valence-electron chi connectivity index (χ1n) is 39.9. The molecule has 0 atom stereocenters. The lowest BCUT2D eigenvalue weighted by Gasteiger charge is -2.46.